The van der Waals surface area contributed by atoms with Gasteiger partial charge in [0.25, 0.3) is 0 Å². The average Bonchev–Trinajstić information content (AvgIpc) is 2.09. The van der Waals surface area contributed by atoms with Crippen molar-refractivity contribution in [3.8, 4) is 0 Å². The van der Waals surface area contributed by atoms with Crippen LogP contribution in [-0.2, 0) is 18.1 Å². The molecule has 0 radical (unpaired) electrons. The molecule has 0 aliphatic rings. The van der Waals surface area contributed by atoms with Crippen LogP contribution in [0.25, 0.3) is 0 Å². The summed E-state index contributed by atoms with van der Waals surface area (Å²) in [6.45, 7) is 0. The molecule has 6 heteroatoms. The number of alkyl halides is 1. The predicted octanol–water partition coefficient (Wildman–Crippen LogP) is 0.758. The molecule has 0 fully saturated rings. The molecule has 0 unspecified atom stereocenters. The summed E-state index contributed by atoms with van der Waals surface area (Å²) in [5, 5.41) is 0.489. The molecule has 0 rings (SSSR count). The van der Waals surface area contributed by atoms with Gasteiger partial charge >= 0.3 is 8.80 Å². The molecule has 0 N–H and O–H groups in total. The summed E-state index contributed by atoms with van der Waals surface area (Å²) in [6.07, 6.45) is 0.363. The van der Waals surface area contributed by atoms with E-state index in [1.807, 2.05) is 0 Å². The average molecular weight is 257 g/mol. The van der Waals surface area contributed by atoms with E-state index in [4.69, 9.17) is 13.3 Å². The Morgan fingerprint density at radius 1 is 1.25 bits per heavy atom. The Kier molecular flexibility index (Phi) is 5.94. The zero-order chi connectivity index (χ0) is 9.61. The largest absolute Gasteiger partial charge is 0.573 e. The molecule has 72 valence electrons. The van der Waals surface area contributed by atoms with Gasteiger partial charge in [-0.05, 0) is 0 Å². The van der Waals surface area contributed by atoms with Gasteiger partial charge in [-0.25, -0.2) is 0 Å². The first-order chi connectivity index (χ1) is 5.66. The molecule has 0 aromatic heterocycles. The maximum absolute atomic E-state index is 11.4. The molecule has 0 aliphatic carbocycles. The van der Waals surface area contributed by atoms with E-state index in [-0.39, 0.29) is 5.41 Å². The molecule has 0 spiro atoms. The highest BCUT2D eigenvalue weighted by Gasteiger charge is 2.46. The maximum Gasteiger partial charge on any atom is 0.573 e. The molecule has 0 aromatic rings. The Morgan fingerprint density at radius 2 is 1.67 bits per heavy atom. The number of rotatable bonds is 6. The van der Waals surface area contributed by atoms with E-state index in [2.05, 4.69) is 15.9 Å². The van der Waals surface area contributed by atoms with Crippen LogP contribution < -0.4 is 0 Å². The van der Waals surface area contributed by atoms with Gasteiger partial charge in [0.15, 0.2) is 0 Å². The lowest BCUT2D eigenvalue weighted by Crippen LogP contribution is -2.51. The fraction of sp³-hybridized carbons (Fsp3) is 0.833. The molecule has 0 bridgehead atoms. The van der Waals surface area contributed by atoms with Crippen LogP contribution in [0, 0.1) is 0 Å². The summed E-state index contributed by atoms with van der Waals surface area (Å²) in [7, 11) is 1.26. The van der Waals surface area contributed by atoms with Crippen molar-refractivity contribution in [3.05, 3.63) is 0 Å². The van der Waals surface area contributed by atoms with Gasteiger partial charge in [-0.1, -0.05) is 15.9 Å². The Hall–Kier alpha value is 0.247. The van der Waals surface area contributed by atoms with Gasteiger partial charge in [-0.2, -0.15) is 0 Å². The Bertz CT molecular complexity index is 140. The van der Waals surface area contributed by atoms with Gasteiger partial charge in [0, 0.05) is 33.1 Å². The van der Waals surface area contributed by atoms with Crippen molar-refractivity contribution in [2.24, 2.45) is 0 Å². The third kappa shape index (κ3) is 2.63. The smallest absolute Gasteiger partial charge is 0.372 e. The van der Waals surface area contributed by atoms with Crippen molar-refractivity contribution >= 4 is 30.1 Å². The predicted molar refractivity (Wildman–Crippen MR) is 50.2 cm³/mol. The van der Waals surface area contributed by atoms with E-state index in [1.54, 1.807) is 0 Å². The molecule has 0 aliphatic heterocycles. The first kappa shape index (κ1) is 12.2. The van der Waals surface area contributed by atoms with Crippen molar-refractivity contribution in [2.75, 3.05) is 26.7 Å². The number of hydrogen-bond acceptors (Lipinski definition) is 4. The van der Waals surface area contributed by atoms with Gasteiger partial charge in [-0.3, -0.25) is 4.79 Å². The second-order valence-corrected chi connectivity index (χ2v) is 5.72. The monoisotopic (exact) mass is 256 g/mol. The van der Waals surface area contributed by atoms with Crippen molar-refractivity contribution < 1.29 is 18.1 Å². The highest BCUT2D eigenvalue weighted by atomic mass is 79.9. The van der Waals surface area contributed by atoms with Crippen LogP contribution in [0.1, 0.15) is 6.42 Å². The van der Waals surface area contributed by atoms with Crippen LogP contribution >= 0.6 is 15.9 Å². The lowest BCUT2D eigenvalue weighted by atomic mass is 10.6. The van der Waals surface area contributed by atoms with Gasteiger partial charge in [-0.15, -0.1) is 0 Å². The molecule has 0 aromatic carbocycles. The van der Waals surface area contributed by atoms with Crippen molar-refractivity contribution in [2.45, 2.75) is 6.42 Å². The SMILES string of the molecule is CO[Si](OC)(OC)C(=O)CCBr. The van der Waals surface area contributed by atoms with Crippen molar-refractivity contribution in [1.82, 2.24) is 0 Å². The minimum atomic E-state index is -3.01. The highest BCUT2D eigenvalue weighted by molar-refractivity contribution is 9.09. The van der Waals surface area contributed by atoms with E-state index in [0.717, 1.165) is 0 Å². The van der Waals surface area contributed by atoms with Gasteiger partial charge < -0.3 is 13.3 Å². The van der Waals surface area contributed by atoms with Crippen molar-refractivity contribution in [1.29, 1.82) is 0 Å². The van der Waals surface area contributed by atoms with Crippen LogP contribution in [0.5, 0.6) is 0 Å². The number of carbonyl (C=O) groups excluding carboxylic acids is 1. The zero-order valence-electron chi connectivity index (χ0n) is 7.43. The molecule has 0 atom stereocenters. The molecular weight excluding hydrogens is 244 g/mol. The van der Waals surface area contributed by atoms with E-state index in [1.165, 1.54) is 21.3 Å². The van der Waals surface area contributed by atoms with E-state index in [9.17, 15) is 4.79 Å². The van der Waals surface area contributed by atoms with Gasteiger partial charge in [0.2, 0.25) is 5.41 Å². The third-order valence-electron chi connectivity index (χ3n) is 1.47. The summed E-state index contributed by atoms with van der Waals surface area (Å²) >= 11 is 3.16. The molecule has 4 nitrogen and oxygen atoms in total. The van der Waals surface area contributed by atoms with Crippen LogP contribution in [0.3, 0.4) is 0 Å². The highest BCUT2D eigenvalue weighted by Crippen LogP contribution is 2.10. The van der Waals surface area contributed by atoms with Crippen LogP contribution in [0.15, 0.2) is 0 Å². The van der Waals surface area contributed by atoms with Gasteiger partial charge in [0.05, 0.1) is 0 Å². The summed E-state index contributed by atoms with van der Waals surface area (Å²) in [5.74, 6) is 0. The van der Waals surface area contributed by atoms with E-state index < -0.39 is 8.80 Å². The molecular formula is C6H13BrO4Si. The standard InChI is InChI=1S/C6H13BrO4Si/c1-9-12(10-2,11-3)6(8)4-5-7/h4-5H2,1-3H3. The van der Waals surface area contributed by atoms with Crippen LogP contribution in [-0.4, -0.2) is 40.9 Å². The minimum absolute atomic E-state index is 0.105. The lowest BCUT2D eigenvalue weighted by Gasteiger charge is -2.21. The number of halogens is 1. The number of carbonyl (C=O) groups is 1. The van der Waals surface area contributed by atoms with Crippen molar-refractivity contribution in [3.63, 3.8) is 0 Å². The first-order valence-corrected chi connectivity index (χ1v) is 6.26. The second kappa shape index (κ2) is 5.82. The first-order valence-electron chi connectivity index (χ1n) is 3.41. The normalized spacial score (nSPS) is 11.7. The van der Waals surface area contributed by atoms with E-state index in [0.29, 0.717) is 11.8 Å². The molecule has 0 heterocycles. The summed E-state index contributed by atoms with van der Waals surface area (Å²) in [6, 6.07) is 0. The second-order valence-electron chi connectivity index (χ2n) is 2.03. The fourth-order valence-electron chi connectivity index (χ4n) is 0.830. The van der Waals surface area contributed by atoms with E-state index >= 15 is 0 Å². The van der Waals surface area contributed by atoms with Crippen LogP contribution in [0.2, 0.25) is 0 Å². The summed E-state index contributed by atoms with van der Waals surface area (Å²) in [5.41, 5.74) is 0. The van der Waals surface area contributed by atoms with Crippen LogP contribution in [0.4, 0.5) is 0 Å². The lowest BCUT2D eigenvalue weighted by molar-refractivity contribution is -0.117. The Labute approximate surface area is 81.7 Å². The third-order valence-corrected chi connectivity index (χ3v) is 4.41. The quantitative estimate of drug-likeness (QED) is 0.520. The zero-order valence-corrected chi connectivity index (χ0v) is 10.0. The maximum atomic E-state index is 11.4. The Morgan fingerprint density at radius 3 is 1.92 bits per heavy atom. The molecule has 12 heavy (non-hydrogen) atoms. The summed E-state index contributed by atoms with van der Waals surface area (Å²) < 4.78 is 14.9. The Balaban J connectivity index is 4.36. The van der Waals surface area contributed by atoms with Gasteiger partial charge in [0.1, 0.15) is 0 Å². The number of hydrogen-bond donors (Lipinski definition) is 0. The molecule has 0 amide bonds. The summed E-state index contributed by atoms with van der Waals surface area (Å²) in [4.78, 5) is 11.4. The minimum Gasteiger partial charge on any atom is -0.372 e. The molecule has 0 saturated heterocycles. The topological polar surface area (TPSA) is 44.8 Å². The fourth-order valence-corrected chi connectivity index (χ4v) is 3.17. The molecule has 0 saturated carbocycles.